The number of amides is 1. The molecule has 0 N–H and O–H groups in total. The number of carbonyl (C=O) groups is 1. The van der Waals surface area contributed by atoms with E-state index in [1.165, 1.54) is 17.0 Å². The summed E-state index contributed by atoms with van der Waals surface area (Å²) in [5.41, 5.74) is 1.41. The third-order valence-corrected chi connectivity index (χ3v) is 3.71. The van der Waals surface area contributed by atoms with E-state index in [9.17, 15) is 18.0 Å². The molecule has 0 aliphatic carbocycles. The van der Waals surface area contributed by atoms with Crippen molar-refractivity contribution in [2.24, 2.45) is 0 Å². The average molecular weight is 321 g/mol. The summed E-state index contributed by atoms with van der Waals surface area (Å²) in [7, 11) is 0. The van der Waals surface area contributed by atoms with Crippen LogP contribution in [0.2, 0.25) is 0 Å². The minimum absolute atomic E-state index is 0.184. The van der Waals surface area contributed by atoms with Crippen LogP contribution in [0.1, 0.15) is 12.0 Å². The molecule has 3 rings (SSSR count). The van der Waals surface area contributed by atoms with Crippen molar-refractivity contribution in [2.45, 2.75) is 12.8 Å². The molecule has 0 bridgehead atoms. The summed E-state index contributed by atoms with van der Waals surface area (Å²) in [6.07, 6.45) is 1.41. The van der Waals surface area contributed by atoms with Gasteiger partial charge in [0.2, 0.25) is 0 Å². The highest BCUT2D eigenvalue weighted by Crippen LogP contribution is 2.28. The minimum Gasteiger partial charge on any atom is -0.481 e. The van der Waals surface area contributed by atoms with Gasteiger partial charge in [0.15, 0.2) is 18.2 Å². The van der Waals surface area contributed by atoms with Crippen LogP contribution in [-0.4, -0.2) is 19.1 Å². The predicted molar refractivity (Wildman–Crippen MR) is 78.9 cm³/mol. The van der Waals surface area contributed by atoms with Crippen LogP contribution in [0.25, 0.3) is 0 Å². The van der Waals surface area contributed by atoms with Crippen LogP contribution in [-0.2, 0) is 11.2 Å². The van der Waals surface area contributed by atoms with Crippen LogP contribution >= 0.6 is 0 Å². The Kier molecular flexibility index (Phi) is 4.23. The first-order chi connectivity index (χ1) is 11.0. The first-order valence-corrected chi connectivity index (χ1v) is 7.21. The maximum Gasteiger partial charge on any atom is 0.264 e. The molecular formula is C17H14F3NO2. The van der Waals surface area contributed by atoms with Gasteiger partial charge in [0, 0.05) is 18.3 Å². The average Bonchev–Trinajstić information content (AvgIpc) is 2.53. The zero-order valence-corrected chi connectivity index (χ0v) is 12.2. The van der Waals surface area contributed by atoms with E-state index >= 15 is 0 Å². The van der Waals surface area contributed by atoms with Crippen LogP contribution in [0.4, 0.5) is 18.9 Å². The molecule has 0 spiro atoms. The molecule has 1 aliphatic heterocycles. The highest BCUT2D eigenvalue weighted by molar-refractivity contribution is 5.95. The summed E-state index contributed by atoms with van der Waals surface area (Å²) in [6.45, 7) is 0.117. The van der Waals surface area contributed by atoms with Gasteiger partial charge in [-0.3, -0.25) is 4.79 Å². The maximum absolute atomic E-state index is 13.5. The zero-order valence-electron chi connectivity index (χ0n) is 12.2. The lowest BCUT2D eigenvalue weighted by molar-refractivity contribution is -0.120. The molecule has 3 nitrogen and oxygen atoms in total. The highest BCUT2D eigenvalue weighted by atomic mass is 19.1. The number of halogens is 3. The Bertz CT molecular complexity index is 749. The van der Waals surface area contributed by atoms with Crippen molar-refractivity contribution in [2.75, 3.05) is 18.1 Å². The quantitative estimate of drug-likeness (QED) is 0.866. The molecule has 0 radical (unpaired) electrons. The number of hydrogen-bond acceptors (Lipinski definition) is 2. The van der Waals surface area contributed by atoms with Crippen LogP contribution in [0, 0.1) is 17.5 Å². The summed E-state index contributed by atoms with van der Waals surface area (Å²) in [5.74, 6) is -2.47. The smallest absolute Gasteiger partial charge is 0.264 e. The molecule has 0 saturated heterocycles. The van der Waals surface area contributed by atoms with Crippen LogP contribution in [0.5, 0.6) is 5.75 Å². The topological polar surface area (TPSA) is 29.5 Å². The van der Waals surface area contributed by atoms with Crippen molar-refractivity contribution in [3.63, 3.8) is 0 Å². The predicted octanol–water partition coefficient (Wildman–Crippen LogP) is 3.46. The normalized spacial score (nSPS) is 13.6. The molecule has 0 saturated carbocycles. The zero-order chi connectivity index (χ0) is 16.4. The molecule has 0 unspecified atom stereocenters. The fourth-order valence-electron chi connectivity index (χ4n) is 2.63. The number of rotatable bonds is 3. The van der Waals surface area contributed by atoms with Gasteiger partial charge in [-0.2, -0.15) is 0 Å². The minimum atomic E-state index is -0.862. The van der Waals surface area contributed by atoms with Crippen molar-refractivity contribution in [3.8, 4) is 5.75 Å². The third-order valence-electron chi connectivity index (χ3n) is 3.71. The van der Waals surface area contributed by atoms with E-state index in [2.05, 4.69) is 0 Å². The summed E-state index contributed by atoms with van der Waals surface area (Å²) in [6, 6.07) is 7.15. The van der Waals surface area contributed by atoms with Gasteiger partial charge in [-0.15, -0.1) is 0 Å². The lowest BCUT2D eigenvalue weighted by Crippen LogP contribution is -2.38. The molecule has 0 aromatic heterocycles. The number of hydrogen-bond donors (Lipinski definition) is 0. The van der Waals surface area contributed by atoms with Crippen LogP contribution in [0.15, 0.2) is 36.4 Å². The fourth-order valence-corrected chi connectivity index (χ4v) is 2.63. The lowest BCUT2D eigenvalue weighted by Gasteiger charge is -2.29. The Balaban J connectivity index is 1.72. The highest BCUT2D eigenvalue weighted by Gasteiger charge is 2.23. The van der Waals surface area contributed by atoms with Gasteiger partial charge >= 0.3 is 0 Å². The van der Waals surface area contributed by atoms with E-state index in [-0.39, 0.29) is 24.1 Å². The maximum atomic E-state index is 13.5. The molecule has 120 valence electrons. The molecule has 0 atom stereocenters. The van der Waals surface area contributed by atoms with Gasteiger partial charge in [-0.25, -0.2) is 13.2 Å². The van der Waals surface area contributed by atoms with Gasteiger partial charge in [0.25, 0.3) is 5.91 Å². The molecular weight excluding hydrogens is 307 g/mol. The Morgan fingerprint density at radius 2 is 1.83 bits per heavy atom. The summed E-state index contributed by atoms with van der Waals surface area (Å²) in [4.78, 5) is 13.8. The molecule has 1 aliphatic rings. The van der Waals surface area contributed by atoms with Gasteiger partial charge in [0.1, 0.15) is 11.6 Å². The number of fused-ring (bicyclic) bond motifs is 1. The molecule has 23 heavy (non-hydrogen) atoms. The monoisotopic (exact) mass is 321 g/mol. The second-order valence-electron chi connectivity index (χ2n) is 5.29. The molecule has 0 fully saturated rings. The van der Waals surface area contributed by atoms with Crippen molar-refractivity contribution < 1.29 is 22.7 Å². The fraction of sp³-hybridized carbons (Fsp3) is 0.235. The van der Waals surface area contributed by atoms with E-state index < -0.39 is 11.6 Å². The number of nitrogens with zero attached hydrogens (tertiary/aromatic N) is 1. The van der Waals surface area contributed by atoms with Gasteiger partial charge in [0.05, 0.1) is 0 Å². The summed E-state index contributed by atoms with van der Waals surface area (Å²) >= 11 is 0. The molecule has 2 aromatic rings. The Morgan fingerprint density at radius 1 is 1.09 bits per heavy atom. The lowest BCUT2D eigenvalue weighted by atomic mass is 10.0. The van der Waals surface area contributed by atoms with Gasteiger partial charge in [-0.1, -0.05) is 0 Å². The van der Waals surface area contributed by atoms with Gasteiger partial charge < -0.3 is 9.64 Å². The largest absolute Gasteiger partial charge is 0.481 e. The molecule has 1 amide bonds. The Labute approximate surface area is 131 Å². The molecule has 6 heteroatoms. The van der Waals surface area contributed by atoms with Crippen molar-refractivity contribution in [3.05, 3.63) is 59.4 Å². The number of anilines is 1. The first kappa shape index (κ1) is 15.4. The second kappa shape index (κ2) is 6.32. The van der Waals surface area contributed by atoms with Crippen LogP contribution < -0.4 is 9.64 Å². The number of benzene rings is 2. The Hall–Kier alpha value is -2.50. The van der Waals surface area contributed by atoms with Gasteiger partial charge in [-0.05, 0) is 48.7 Å². The third kappa shape index (κ3) is 3.31. The summed E-state index contributed by atoms with van der Waals surface area (Å²) < 4.78 is 44.7. The first-order valence-electron chi connectivity index (χ1n) is 7.21. The second-order valence-corrected chi connectivity index (χ2v) is 5.29. The van der Waals surface area contributed by atoms with Crippen molar-refractivity contribution in [1.82, 2.24) is 0 Å². The van der Waals surface area contributed by atoms with E-state index in [1.54, 1.807) is 6.07 Å². The molecule has 1 heterocycles. The standard InChI is InChI=1S/C17H14F3NO2/c18-12-3-5-15-11(8-12)2-1-7-21(15)17(22)10-23-16-6-4-13(19)9-14(16)20/h3-6,8-9H,1-2,7,10H2. The van der Waals surface area contributed by atoms with E-state index in [0.29, 0.717) is 31.1 Å². The van der Waals surface area contributed by atoms with E-state index in [4.69, 9.17) is 4.74 Å². The van der Waals surface area contributed by atoms with Crippen LogP contribution in [0.3, 0.4) is 0 Å². The number of ether oxygens (including phenoxy) is 1. The van der Waals surface area contributed by atoms with E-state index in [1.807, 2.05) is 0 Å². The van der Waals surface area contributed by atoms with E-state index in [0.717, 1.165) is 17.7 Å². The number of carbonyl (C=O) groups excluding carboxylic acids is 1. The Morgan fingerprint density at radius 3 is 2.61 bits per heavy atom. The number of aryl methyl sites for hydroxylation is 1. The summed E-state index contributed by atoms with van der Waals surface area (Å²) in [5, 5.41) is 0. The SMILES string of the molecule is O=C(COc1ccc(F)cc1F)N1CCCc2cc(F)ccc21. The van der Waals surface area contributed by atoms with Crippen molar-refractivity contribution >= 4 is 11.6 Å². The molecule has 2 aromatic carbocycles. The van der Waals surface area contributed by atoms with Crippen molar-refractivity contribution in [1.29, 1.82) is 0 Å².